The van der Waals surface area contributed by atoms with E-state index >= 15 is 0 Å². The van der Waals surface area contributed by atoms with Gasteiger partial charge in [-0.15, -0.1) is 13.2 Å². The van der Waals surface area contributed by atoms with Crippen LogP contribution in [0.4, 0.5) is 0 Å². The van der Waals surface area contributed by atoms with Crippen molar-refractivity contribution in [3.8, 4) is 11.3 Å². The van der Waals surface area contributed by atoms with Crippen LogP contribution in [0.15, 0.2) is 68.4 Å². The molecule has 0 aliphatic heterocycles. The van der Waals surface area contributed by atoms with Gasteiger partial charge in [0.1, 0.15) is 0 Å². The summed E-state index contributed by atoms with van der Waals surface area (Å²) in [5, 5.41) is 0. The highest BCUT2D eigenvalue weighted by Crippen LogP contribution is 2.23. The van der Waals surface area contributed by atoms with Crippen LogP contribution in [0.2, 0.25) is 0 Å². The Morgan fingerprint density at radius 3 is 2.29 bits per heavy atom. The van der Waals surface area contributed by atoms with Crippen molar-refractivity contribution < 1.29 is 0 Å². The van der Waals surface area contributed by atoms with Crippen LogP contribution in [0.5, 0.6) is 0 Å². The van der Waals surface area contributed by atoms with Gasteiger partial charge in [-0.25, -0.2) is 0 Å². The Balaban J connectivity index is 0.000000921. The molecule has 21 heavy (non-hydrogen) atoms. The summed E-state index contributed by atoms with van der Waals surface area (Å²) in [6.07, 6.45) is 5.98. The minimum absolute atomic E-state index is 1.16. The summed E-state index contributed by atoms with van der Waals surface area (Å²) in [7, 11) is 0. The molecule has 1 heterocycles. The summed E-state index contributed by atoms with van der Waals surface area (Å²) < 4.78 is 0. The zero-order valence-corrected chi connectivity index (χ0v) is 13.7. The van der Waals surface area contributed by atoms with E-state index in [1.54, 1.807) is 0 Å². The van der Waals surface area contributed by atoms with Gasteiger partial charge in [-0.2, -0.15) is 0 Å². The molecule has 0 bridgehead atoms. The number of allylic oxidation sites excluding steroid dienone is 3. The van der Waals surface area contributed by atoms with Crippen LogP contribution in [0.1, 0.15) is 31.9 Å². The summed E-state index contributed by atoms with van der Waals surface area (Å²) in [6, 6.07) is 10.6. The lowest BCUT2D eigenvalue weighted by atomic mass is 10.0. The molecule has 0 unspecified atom stereocenters. The fraction of sp³-hybridized carbons (Fsp3) is 0.200. The van der Waals surface area contributed by atoms with Gasteiger partial charge in [0.25, 0.3) is 0 Å². The normalized spacial score (nSPS) is 9.81. The van der Waals surface area contributed by atoms with Crippen LogP contribution in [-0.2, 0) is 0 Å². The van der Waals surface area contributed by atoms with Crippen molar-refractivity contribution >= 4 is 5.57 Å². The zero-order chi connectivity index (χ0) is 16.3. The van der Waals surface area contributed by atoms with Crippen molar-refractivity contribution in [1.29, 1.82) is 0 Å². The second-order valence-corrected chi connectivity index (χ2v) is 4.12. The van der Waals surface area contributed by atoms with E-state index < -0.39 is 0 Å². The smallest absolute Gasteiger partial charge is 0.0456 e. The third kappa shape index (κ3) is 5.31. The molecule has 2 aromatic rings. The van der Waals surface area contributed by atoms with Crippen LogP contribution in [0, 0.1) is 6.92 Å². The molecule has 0 amide bonds. The predicted molar refractivity (Wildman–Crippen MR) is 97.4 cm³/mol. The van der Waals surface area contributed by atoms with Gasteiger partial charge in [-0.3, -0.25) is 0 Å². The summed E-state index contributed by atoms with van der Waals surface area (Å²) >= 11 is 0. The van der Waals surface area contributed by atoms with Crippen molar-refractivity contribution in [3.63, 3.8) is 0 Å². The van der Waals surface area contributed by atoms with E-state index in [4.69, 9.17) is 0 Å². The molecular formula is C20H27N. The SMILES string of the molecule is C=C.C=C/C(=C\C)c1cccc(-c2cc(C)c[nH]2)c1.CC. The Hall–Kier alpha value is -2.28. The average molecular weight is 281 g/mol. The van der Waals surface area contributed by atoms with Gasteiger partial charge in [-0.1, -0.05) is 50.8 Å². The second-order valence-electron chi connectivity index (χ2n) is 4.12. The lowest BCUT2D eigenvalue weighted by Crippen LogP contribution is -1.83. The number of hydrogen-bond acceptors (Lipinski definition) is 0. The highest BCUT2D eigenvalue weighted by Gasteiger charge is 2.02. The Labute approximate surface area is 129 Å². The van der Waals surface area contributed by atoms with Gasteiger partial charge in [0, 0.05) is 11.9 Å². The third-order valence-electron chi connectivity index (χ3n) is 2.87. The molecule has 0 radical (unpaired) electrons. The number of rotatable bonds is 3. The van der Waals surface area contributed by atoms with Crippen LogP contribution in [0.25, 0.3) is 16.8 Å². The van der Waals surface area contributed by atoms with E-state index in [0.717, 1.165) is 11.3 Å². The van der Waals surface area contributed by atoms with E-state index in [0.29, 0.717) is 0 Å². The van der Waals surface area contributed by atoms with E-state index in [9.17, 15) is 0 Å². The minimum Gasteiger partial charge on any atom is -0.361 e. The van der Waals surface area contributed by atoms with Gasteiger partial charge in [-0.05, 0) is 48.2 Å². The monoisotopic (exact) mass is 281 g/mol. The first-order valence-corrected chi connectivity index (χ1v) is 7.29. The maximum absolute atomic E-state index is 3.84. The molecular weight excluding hydrogens is 254 g/mol. The van der Waals surface area contributed by atoms with Gasteiger partial charge < -0.3 is 4.98 Å². The van der Waals surface area contributed by atoms with Crippen LogP contribution in [0.3, 0.4) is 0 Å². The molecule has 0 saturated carbocycles. The molecule has 0 atom stereocenters. The number of nitrogens with one attached hydrogen (secondary N) is 1. The zero-order valence-electron chi connectivity index (χ0n) is 13.7. The van der Waals surface area contributed by atoms with Crippen LogP contribution in [-0.4, -0.2) is 4.98 Å². The average Bonchev–Trinajstić information content (AvgIpc) is 2.99. The first-order chi connectivity index (χ1) is 10.2. The highest BCUT2D eigenvalue weighted by molar-refractivity contribution is 5.76. The van der Waals surface area contributed by atoms with Crippen molar-refractivity contribution in [2.75, 3.05) is 0 Å². The lowest BCUT2D eigenvalue weighted by molar-refractivity contribution is 1.38. The minimum atomic E-state index is 1.16. The number of aromatic amines is 1. The number of aryl methyl sites for hydroxylation is 1. The lowest BCUT2D eigenvalue weighted by Gasteiger charge is -2.04. The maximum Gasteiger partial charge on any atom is 0.0456 e. The van der Waals surface area contributed by atoms with Crippen LogP contribution >= 0.6 is 0 Å². The van der Waals surface area contributed by atoms with Gasteiger partial charge in [0.2, 0.25) is 0 Å². The molecule has 1 N–H and O–H groups in total. The molecule has 112 valence electrons. The number of benzene rings is 1. The summed E-state index contributed by atoms with van der Waals surface area (Å²) in [6.45, 7) is 18.0. The number of hydrogen-bond donors (Lipinski definition) is 1. The number of aromatic nitrogens is 1. The quantitative estimate of drug-likeness (QED) is 0.494. The van der Waals surface area contributed by atoms with E-state index in [1.807, 2.05) is 33.0 Å². The van der Waals surface area contributed by atoms with E-state index in [2.05, 4.69) is 68.1 Å². The Morgan fingerprint density at radius 2 is 1.81 bits per heavy atom. The Kier molecular flexibility index (Phi) is 9.36. The molecule has 1 nitrogen and oxygen atoms in total. The standard InChI is InChI=1S/C16H17N.C2H6.C2H4/c1-4-13(5-2)14-7-6-8-15(10-14)16-9-12(3)11-17-16;2*1-2/h4-11,17H,1H2,2-3H3;1-2H3;1-2H2/b13-5+;;. The van der Waals surface area contributed by atoms with E-state index in [1.165, 1.54) is 16.7 Å². The Morgan fingerprint density at radius 1 is 1.14 bits per heavy atom. The molecule has 0 saturated heterocycles. The second kappa shape index (κ2) is 10.5. The molecule has 0 fully saturated rings. The fourth-order valence-corrected chi connectivity index (χ4v) is 1.94. The molecule has 0 spiro atoms. The maximum atomic E-state index is 3.84. The summed E-state index contributed by atoms with van der Waals surface area (Å²) in [5.74, 6) is 0. The predicted octanol–water partition coefficient (Wildman–Crippen LogP) is 6.41. The highest BCUT2D eigenvalue weighted by atomic mass is 14.7. The molecule has 0 aliphatic rings. The van der Waals surface area contributed by atoms with Crippen molar-refractivity contribution in [1.82, 2.24) is 4.98 Å². The molecule has 0 aliphatic carbocycles. The Bertz CT molecular complexity index is 573. The molecule has 1 heteroatoms. The summed E-state index contributed by atoms with van der Waals surface area (Å²) in [4.78, 5) is 3.28. The van der Waals surface area contributed by atoms with Gasteiger partial charge in [0.05, 0.1) is 0 Å². The largest absolute Gasteiger partial charge is 0.361 e. The van der Waals surface area contributed by atoms with Crippen molar-refractivity contribution in [2.45, 2.75) is 27.7 Å². The van der Waals surface area contributed by atoms with Gasteiger partial charge in [0.15, 0.2) is 0 Å². The molecule has 1 aromatic heterocycles. The topological polar surface area (TPSA) is 15.8 Å². The van der Waals surface area contributed by atoms with Crippen molar-refractivity contribution in [2.24, 2.45) is 0 Å². The van der Waals surface area contributed by atoms with Crippen LogP contribution < -0.4 is 0 Å². The number of H-pyrrole nitrogens is 1. The molecule has 1 aromatic carbocycles. The van der Waals surface area contributed by atoms with Crippen molar-refractivity contribution in [3.05, 3.63) is 79.5 Å². The van der Waals surface area contributed by atoms with Gasteiger partial charge >= 0.3 is 0 Å². The first kappa shape index (κ1) is 18.7. The molecule has 2 rings (SSSR count). The first-order valence-electron chi connectivity index (χ1n) is 7.29. The van der Waals surface area contributed by atoms with E-state index in [-0.39, 0.29) is 0 Å². The summed E-state index contributed by atoms with van der Waals surface area (Å²) in [5.41, 5.74) is 5.98. The third-order valence-corrected chi connectivity index (χ3v) is 2.87. The fourth-order valence-electron chi connectivity index (χ4n) is 1.94.